The highest BCUT2D eigenvalue weighted by atomic mass is 35.5. The molecule has 1 rings (SSSR count). The molecule has 0 aromatic heterocycles. The molecule has 82 valence electrons. The summed E-state index contributed by atoms with van der Waals surface area (Å²) in [5, 5.41) is 12.1. The first-order valence-corrected chi connectivity index (χ1v) is 5.17. The van der Waals surface area contributed by atoms with E-state index in [0.29, 0.717) is 15.6 Å². The normalized spacial score (nSPS) is 12.3. The Morgan fingerprint density at radius 1 is 1.47 bits per heavy atom. The van der Waals surface area contributed by atoms with Gasteiger partial charge in [0.2, 0.25) is 0 Å². The highest BCUT2D eigenvalue weighted by Crippen LogP contribution is 2.22. The van der Waals surface area contributed by atoms with Crippen LogP contribution in [0.4, 0.5) is 0 Å². The number of hydrogen-bond acceptors (Lipinski definition) is 2. The molecule has 0 fully saturated rings. The molecule has 0 saturated carbocycles. The van der Waals surface area contributed by atoms with Crippen molar-refractivity contribution >= 4 is 29.1 Å². The van der Waals surface area contributed by atoms with Gasteiger partial charge in [-0.15, -0.1) is 0 Å². The molecule has 1 aromatic rings. The van der Waals surface area contributed by atoms with Crippen LogP contribution in [0.1, 0.15) is 17.3 Å². The van der Waals surface area contributed by atoms with Crippen LogP contribution < -0.4 is 5.32 Å². The van der Waals surface area contributed by atoms with Crippen molar-refractivity contribution in [1.29, 1.82) is 0 Å². The summed E-state index contributed by atoms with van der Waals surface area (Å²) in [7, 11) is 0. The number of benzene rings is 1. The number of hydrogen-bond donors (Lipinski definition) is 2. The number of halogens is 2. The number of aliphatic hydroxyl groups excluding tert-OH is 1. The lowest BCUT2D eigenvalue weighted by Crippen LogP contribution is -2.34. The SMILES string of the molecule is C[C@H](CO)NC(=O)c1ccc(Cl)c(Cl)c1. The Morgan fingerprint density at radius 2 is 2.13 bits per heavy atom. The first kappa shape index (κ1) is 12.3. The summed E-state index contributed by atoms with van der Waals surface area (Å²) >= 11 is 11.5. The van der Waals surface area contributed by atoms with Crippen molar-refractivity contribution in [3.63, 3.8) is 0 Å². The van der Waals surface area contributed by atoms with Gasteiger partial charge in [-0.05, 0) is 25.1 Å². The van der Waals surface area contributed by atoms with Gasteiger partial charge in [0.05, 0.1) is 16.7 Å². The summed E-state index contributed by atoms with van der Waals surface area (Å²) in [6, 6.07) is 4.34. The highest BCUT2D eigenvalue weighted by molar-refractivity contribution is 6.42. The predicted molar refractivity (Wildman–Crippen MR) is 60.5 cm³/mol. The van der Waals surface area contributed by atoms with Crippen molar-refractivity contribution in [3.05, 3.63) is 33.8 Å². The van der Waals surface area contributed by atoms with Crippen molar-refractivity contribution in [2.45, 2.75) is 13.0 Å². The zero-order valence-corrected chi connectivity index (χ0v) is 9.64. The van der Waals surface area contributed by atoms with Crippen molar-refractivity contribution in [3.8, 4) is 0 Å². The van der Waals surface area contributed by atoms with Gasteiger partial charge in [-0.2, -0.15) is 0 Å². The Morgan fingerprint density at radius 3 is 2.67 bits per heavy atom. The average molecular weight is 248 g/mol. The van der Waals surface area contributed by atoms with Gasteiger partial charge in [-0.25, -0.2) is 0 Å². The maximum absolute atomic E-state index is 11.6. The second kappa shape index (κ2) is 5.35. The van der Waals surface area contributed by atoms with E-state index in [2.05, 4.69) is 5.32 Å². The maximum Gasteiger partial charge on any atom is 0.251 e. The highest BCUT2D eigenvalue weighted by Gasteiger charge is 2.10. The Labute approximate surface area is 98.0 Å². The Kier molecular flexibility index (Phi) is 4.39. The molecule has 0 bridgehead atoms. The standard InChI is InChI=1S/C10H11Cl2NO2/c1-6(5-14)13-10(15)7-2-3-8(11)9(12)4-7/h2-4,6,14H,5H2,1H3,(H,13,15)/t6-/m1/s1. The van der Waals surface area contributed by atoms with Gasteiger partial charge in [-0.1, -0.05) is 23.2 Å². The lowest BCUT2D eigenvalue weighted by Gasteiger charge is -2.10. The van der Waals surface area contributed by atoms with Gasteiger partial charge >= 0.3 is 0 Å². The average Bonchev–Trinajstić information content (AvgIpc) is 2.21. The van der Waals surface area contributed by atoms with Crippen LogP contribution in [0.15, 0.2) is 18.2 Å². The number of rotatable bonds is 3. The first-order chi connectivity index (χ1) is 7.04. The third-order valence-electron chi connectivity index (χ3n) is 1.83. The third kappa shape index (κ3) is 3.38. The monoisotopic (exact) mass is 247 g/mol. The minimum absolute atomic E-state index is 0.104. The van der Waals surface area contributed by atoms with Gasteiger partial charge in [0, 0.05) is 11.6 Å². The van der Waals surface area contributed by atoms with Crippen LogP contribution >= 0.6 is 23.2 Å². The fraction of sp³-hybridized carbons (Fsp3) is 0.300. The zero-order chi connectivity index (χ0) is 11.4. The molecular formula is C10H11Cl2NO2. The fourth-order valence-corrected chi connectivity index (χ4v) is 1.29. The zero-order valence-electron chi connectivity index (χ0n) is 8.13. The van der Waals surface area contributed by atoms with Crippen LogP contribution in [0, 0.1) is 0 Å². The molecular weight excluding hydrogens is 237 g/mol. The second-order valence-corrected chi connectivity index (χ2v) is 4.00. The fourth-order valence-electron chi connectivity index (χ4n) is 0.990. The number of carbonyl (C=O) groups is 1. The molecule has 0 aliphatic rings. The van der Waals surface area contributed by atoms with E-state index in [0.717, 1.165) is 0 Å². The number of aliphatic hydroxyl groups is 1. The molecule has 0 aliphatic carbocycles. The summed E-state index contributed by atoms with van der Waals surface area (Å²) in [6.07, 6.45) is 0. The van der Waals surface area contributed by atoms with Gasteiger partial charge in [0.1, 0.15) is 0 Å². The van der Waals surface area contributed by atoms with E-state index in [1.54, 1.807) is 19.1 Å². The van der Waals surface area contributed by atoms with E-state index in [-0.39, 0.29) is 18.6 Å². The molecule has 2 N–H and O–H groups in total. The molecule has 3 nitrogen and oxygen atoms in total. The lowest BCUT2D eigenvalue weighted by atomic mass is 10.2. The van der Waals surface area contributed by atoms with Crippen LogP contribution in [-0.4, -0.2) is 23.7 Å². The smallest absolute Gasteiger partial charge is 0.251 e. The summed E-state index contributed by atoms with van der Waals surface area (Å²) in [6.45, 7) is 1.60. The third-order valence-corrected chi connectivity index (χ3v) is 2.57. The molecule has 0 unspecified atom stereocenters. The Bertz CT molecular complexity index is 368. The summed E-state index contributed by atoms with van der Waals surface area (Å²) in [4.78, 5) is 11.6. The molecule has 0 radical (unpaired) electrons. The van der Waals surface area contributed by atoms with Crippen molar-refractivity contribution < 1.29 is 9.90 Å². The summed E-state index contributed by atoms with van der Waals surface area (Å²) in [5.41, 5.74) is 0.421. The second-order valence-electron chi connectivity index (χ2n) is 3.19. The first-order valence-electron chi connectivity index (χ1n) is 4.41. The van der Waals surface area contributed by atoms with E-state index >= 15 is 0 Å². The molecule has 0 saturated heterocycles. The van der Waals surface area contributed by atoms with Crippen molar-refractivity contribution in [2.75, 3.05) is 6.61 Å². The van der Waals surface area contributed by atoms with Crippen LogP contribution in [0.5, 0.6) is 0 Å². The van der Waals surface area contributed by atoms with E-state index in [4.69, 9.17) is 28.3 Å². The summed E-state index contributed by atoms with van der Waals surface area (Å²) < 4.78 is 0. The minimum atomic E-state index is -0.285. The van der Waals surface area contributed by atoms with E-state index in [1.807, 2.05) is 0 Å². The van der Waals surface area contributed by atoms with Crippen LogP contribution in [0.2, 0.25) is 10.0 Å². The number of carbonyl (C=O) groups excluding carboxylic acids is 1. The number of nitrogens with one attached hydrogen (secondary N) is 1. The number of amides is 1. The molecule has 1 aromatic carbocycles. The largest absolute Gasteiger partial charge is 0.394 e. The van der Waals surface area contributed by atoms with Gasteiger partial charge in [0.25, 0.3) is 5.91 Å². The topological polar surface area (TPSA) is 49.3 Å². The molecule has 15 heavy (non-hydrogen) atoms. The van der Waals surface area contributed by atoms with Gasteiger partial charge < -0.3 is 10.4 Å². The molecule has 1 atom stereocenters. The molecule has 0 aliphatic heterocycles. The van der Waals surface area contributed by atoms with Crippen LogP contribution in [0.3, 0.4) is 0 Å². The Hall–Kier alpha value is -0.770. The minimum Gasteiger partial charge on any atom is -0.394 e. The van der Waals surface area contributed by atoms with Crippen molar-refractivity contribution in [1.82, 2.24) is 5.32 Å². The lowest BCUT2D eigenvalue weighted by molar-refractivity contribution is 0.0922. The van der Waals surface area contributed by atoms with Crippen molar-refractivity contribution in [2.24, 2.45) is 0 Å². The predicted octanol–water partition coefficient (Wildman–Crippen LogP) is 2.10. The quantitative estimate of drug-likeness (QED) is 0.860. The van der Waals surface area contributed by atoms with E-state index in [9.17, 15) is 4.79 Å². The van der Waals surface area contributed by atoms with Crippen LogP contribution in [0.25, 0.3) is 0 Å². The molecule has 0 spiro atoms. The molecule has 1 amide bonds. The molecule has 5 heteroatoms. The van der Waals surface area contributed by atoms with E-state index < -0.39 is 0 Å². The van der Waals surface area contributed by atoms with Gasteiger partial charge in [-0.3, -0.25) is 4.79 Å². The van der Waals surface area contributed by atoms with Crippen LogP contribution in [-0.2, 0) is 0 Å². The van der Waals surface area contributed by atoms with E-state index in [1.165, 1.54) is 6.07 Å². The van der Waals surface area contributed by atoms with Gasteiger partial charge in [0.15, 0.2) is 0 Å². The Balaban J connectivity index is 2.78. The maximum atomic E-state index is 11.6. The summed E-state index contributed by atoms with van der Waals surface area (Å²) in [5.74, 6) is -0.282. The molecule has 0 heterocycles.